The third kappa shape index (κ3) is 3.84. The maximum absolute atomic E-state index is 11.9. The normalized spacial score (nSPS) is 16.2. The third-order valence-electron chi connectivity index (χ3n) is 2.51. The Kier molecular flexibility index (Phi) is 5.39. The average molecular weight is 342 g/mol. The van der Waals surface area contributed by atoms with Crippen LogP contribution in [0.25, 0.3) is 6.08 Å². The van der Waals surface area contributed by atoms with Crippen molar-refractivity contribution in [1.29, 1.82) is 0 Å². The second kappa shape index (κ2) is 7.06. The highest BCUT2D eigenvalue weighted by Gasteiger charge is 2.23. The Morgan fingerprint density at radius 1 is 1.57 bits per heavy atom. The van der Waals surface area contributed by atoms with Gasteiger partial charge in [-0.05, 0) is 23.9 Å². The van der Waals surface area contributed by atoms with Crippen molar-refractivity contribution in [2.24, 2.45) is 4.99 Å². The zero-order valence-corrected chi connectivity index (χ0v) is 13.5. The number of carbonyl (C=O) groups is 1. The lowest BCUT2D eigenvalue weighted by Gasteiger charge is -2.07. The quantitative estimate of drug-likeness (QED) is 0.664. The highest BCUT2D eigenvalue weighted by Crippen LogP contribution is 2.37. The number of carbonyl (C=O) groups excluding carboxylic acids is 1. The number of phenolic OH excluding ortho intramolecular Hbond substituents is 1. The van der Waals surface area contributed by atoms with Gasteiger partial charge in [-0.2, -0.15) is 0 Å². The van der Waals surface area contributed by atoms with Crippen molar-refractivity contribution in [2.75, 3.05) is 12.9 Å². The van der Waals surface area contributed by atoms with E-state index in [1.54, 1.807) is 12.1 Å². The predicted molar refractivity (Wildman–Crippen MR) is 90.3 cm³/mol. The average Bonchev–Trinajstić information content (AvgIpc) is 2.80. The molecule has 1 aromatic rings. The van der Waals surface area contributed by atoms with E-state index in [-0.39, 0.29) is 22.3 Å². The van der Waals surface area contributed by atoms with Gasteiger partial charge in [-0.15, -0.1) is 6.58 Å². The minimum absolute atomic E-state index is 0.0744. The monoisotopic (exact) mass is 341 g/mol. The van der Waals surface area contributed by atoms with Crippen molar-refractivity contribution in [1.82, 2.24) is 0 Å². The topological polar surface area (TPSA) is 58.9 Å². The Balaban J connectivity index is 2.35. The van der Waals surface area contributed by atoms with Gasteiger partial charge in [0.05, 0.1) is 7.11 Å². The fourth-order valence-electron chi connectivity index (χ4n) is 1.59. The Morgan fingerprint density at radius 2 is 2.33 bits per heavy atom. The summed E-state index contributed by atoms with van der Waals surface area (Å²) >= 11 is 8.46. The molecular formula is C14H12ClNO3S2. The number of halogens is 1. The molecule has 0 amide bonds. The summed E-state index contributed by atoms with van der Waals surface area (Å²) in [4.78, 5) is 16.1. The van der Waals surface area contributed by atoms with E-state index in [0.717, 1.165) is 11.8 Å². The molecule has 1 aromatic carbocycles. The number of thioether (sulfide) groups is 2. The van der Waals surface area contributed by atoms with Gasteiger partial charge in [0, 0.05) is 22.4 Å². The van der Waals surface area contributed by atoms with E-state index in [1.165, 1.54) is 31.0 Å². The fraction of sp³-hybridized carbons (Fsp3) is 0.143. The summed E-state index contributed by atoms with van der Waals surface area (Å²) in [5, 5.41) is 10.3. The molecule has 1 heterocycles. The van der Waals surface area contributed by atoms with Crippen LogP contribution in [0.2, 0.25) is 5.02 Å². The van der Waals surface area contributed by atoms with Crippen LogP contribution in [0, 0.1) is 0 Å². The molecule has 2 rings (SSSR count). The molecule has 0 bridgehead atoms. The highest BCUT2D eigenvalue weighted by atomic mass is 35.5. The minimum atomic E-state index is -0.167. The first kappa shape index (κ1) is 16.0. The van der Waals surface area contributed by atoms with Gasteiger partial charge in [0.1, 0.15) is 10.1 Å². The molecular weight excluding hydrogens is 330 g/mol. The van der Waals surface area contributed by atoms with E-state index < -0.39 is 0 Å². The summed E-state index contributed by atoms with van der Waals surface area (Å²) in [5.74, 6) is 0.857. The van der Waals surface area contributed by atoms with Crippen LogP contribution in [0.1, 0.15) is 5.56 Å². The smallest absolute Gasteiger partial charge is 0.244 e. The first-order valence-electron chi connectivity index (χ1n) is 5.88. The molecule has 0 unspecified atom stereocenters. The van der Waals surface area contributed by atoms with Crippen LogP contribution in [0.15, 0.2) is 35.5 Å². The Bertz CT molecular complexity index is 656. The van der Waals surface area contributed by atoms with Gasteiger partial charge >= 0.3 is 0 Å². The largest absolute Gasteiger partial charge is 0.504 e. The molecule has 1 aliphatic heterocycles. The number of aliphatic imine (C=N–C) groups is 1. The van der Waals surface area contributed by atoms with Crippen molar-refractivity contribution in [2.45, 2.75) is 0 Å². The number of aromatic hydroxyl groups is 1. The number of rotatable bonds is 4. The Morgan fingerprint density at radius 3 is 3.00 bits per heavy atom. The molecule has 0 aromatic heterocycles. The van der Waals surface area contributed by atoms with Gasteiger partial charge < -0.3 is 9.84 Å². The maximum atomic E-state index is 11.9. The molecule has 4 nitrogen and oxygen atoms in total. The SMILES string of the molecule is C=CCSC1=N/C(=C\c2cc(Cl)cc(OC)c2O)C(=O)S1. The molecule has 1 aliphatic rings. The van der Waals surface area contributed by atoms with Crippen molar-refractivity contribution in [3.8, 4) is 11.5 Å². The molecule has 110 valence electrons. The van der Waals surface area contributed by atoms with E-state index in [0.29, 0.717) is 20.7 Å². The molecule has 0 saturated carbocycles. The van der Waals surface area contributed by atoms with E-state index in [1.807, 2.05) is 0 Å². The van der Waals surface area contributed by atoms with E-state index in [4.69, 9.17) is 16.3 Å². The molecule has 0 aliphatic carbocycles. The van der Waals surface area contributed by atoms with Gasteiger partial charge in [-0.3, -0.25) is 4.79 Å². The molecule has 0 fully saturated rings. The first-order chi connectivity index (χ1) is 10.0. The summed E-state index contributed by atoms with van der Waals surface area (Å²) in [5.41, 5.74) is 0.660. The van der Waals surface area contributed by atoms with Gasteiger partial charge in [0.25, 0.3) is 0 Å². The number of hydrogen-bond donors (Lipinski definition) is 1. The molecule has 0 atom stereocenters. The van der Waals surface area contributed by atoms with Crippen LogP contribution in [0.4, 0.5) is 0 Å². The lowest BCUT2D eigenvalue weighted by Crippen LogP contribution is -1.90. The zero-order chi connectivity index (χ0) is 15.4. The summed E-state index contributed by atoms with van der Waals surface area (Å²) in [6.45, 7) is 3.62. The zero-order valence-electron chi connectivity index (χ0n) is 11.1. The fourth-order valence-corrected chi connectivity index (χ4v) is 3.41. The number of methoxy groups -OCH3 is 1. The summed E-state index contributed by atoms with van der Waals surface area (Å²) in [7, 11) is 1.43. The summed E-state index contributed by atoms with van der Waals surface area (Å²) < 4.78 is 5.69. The molecule has 0 spiro atoms. The number of ether oxygens (including phenoxy) is 1. The predicted octanol–water partition coefficient (Wildman–Crippen LogP) is 3.94. The second-order valence-electron chi connectivity index (χ2n) is 3.94. The van der Waals surface area contributed by atoms with Crippen molar-refractivity contribution < 1.29 is 14.6 Å². The van der Waals surface area contributed by atoms with Crippen LogP contribution in [0.5, 0.6) is 11.5 Å². The van der Waals surface area contributed by atoms with Crippen LogP contribution in [-0.4, -0.2) is 27.5 Å². The molecule has 0 saturated heterocycles. The van der Waals surface area contributed by atoms with Crippen LogP contribution in [0.3, 0.4) is 0 Å². The van der Waals surface area contributed by atoms with Gasteiger partial charge in [0.15, 0.2) is 11.5 Å². The molecule has 1 N–H and O–H groups in total. The van der Waals surface area contributed by atoms with Gasteiger partial charge in [-0.25, -0.2) is 4.99 Å². The number of benzene rings is 1. The minimum Gasteiger partial charge on any atom is -0.504 e. The first-order valence-corrected chi connectivity index (χ1v) is 8.06. The van der Waals surface area contributed by atoms with Gasteiger partial charge in [-0.1, -0.05) is 29.4 Å². The summed E-state index contributed by atoms with van der Waals surface area (Å²) in [6, 6.07) is 3.05. The second-order valence-corrected chi connectivity index (χ2v) is 6.61. The molecule has 7 heteroatoms. The van der Waals surface area contributed by atoms with Crippen LogP contribution >= 0.6 is 35.1 Å². The maximum Gasteiger partial charge on any atom is 0.244 e. The number of nitrogens with zero attached hydrogens (tertiary/aromatic N) is 1. The van der Waals surface area contributed by atoms with Crippen LogP contribution < -0.4 is 4.74 Å². The lowest BCUT2D eigenvalue weighted by atomic mass is 10.1. The van der Waals surface area contributed by atoms with Gasteiger partial charge in [0.2, 0.25) is 5.12 Å². The summed E-state index contributed by atoms with van der Waals surface area (Å²) in [6.07, 6.45) is 3.24. The number of phenols is 1. The third-order valence-corrected chi connectivity index (χ3v) is 4.73. The lowest BCUT2D eigenvalue weighted by molar-refractivity contribution is -0.107. The molecule has 0 radical (unpaired) electrons. The van der Waals surface area contributed by atoms with E-state index in [2.05, 4.69) is 11.6 Å². The van der Waals surface area contributed by atoms with E-state index in [9.17, 15) is 9.90 Å². The van der Waals surface area contributed by atoms with Crippen molar-refractivity contribution in [3.05, 3.63) is 41.1 Å². The van der Waals surface area contributed by atoms with E-state index >= 15 is 0 Å². The Labute approximate surface area is 135 Å². The number of hydrogen-bond acceptors (Lipinski definition) is 6. The standard InChI is InChI=1S/C14H12ClNO3S2/c1-3-4-20-14-16-10(13(18)21-14)6-8-5-9(15)7-11(19-2)12(8)17/h3,5-7,17H,1,4H2,2H3/b10-6-. The van der Waals surface area contributed by atoms with Crippen molar-refractivity contribution in [3.63, 3.8) is 0 Å². The van der Waals surface area contributed by atoms with Crippen molar-refractivity contribution >= 4 is 50.7 Å². The van der Waals surface area contributed by atoms with Crippen LogP contribution in [-0.2, 0) is 4.79 Å². The highest BCUT2D eigenvalue weighted by molar-refractivity contribution is 8.45. The molecule has 21 heavy (non-hydrogen) atoms. The Hall–Kier alpha value is -1.37.